The Morgan fingerprint density at radius 2 is 1.71 bits per heavy atom. The third-order valence-corrected chi connectivity index (χ3v) is 8.06. The Kier molecular flexibility index (Phi) is 6.95. The molecule has 1 saturated carbocycles. The quantitative estimate of drug-likeness (QED) is 0.487. The second-order valence-corrected chi connectivity index (χ2v) is 10.1. The molecule has 2 aromatic carbocycles. The number of fused-ring (bicyclic) bond motifs is 1. The summed E-state index contributed by atoms with van der Waals surface area (Å²) in [6.07, 6.45) is 3.95. The normalized spacial score (nSPS) is 20.9. The Labute approximate surface area is 206 Å². The van der Waals surface area contributed by atoms with Gasteiger partial charge in [0.05, 0.1) is 15.2 Å². The lowest BCUT2D eigenvalue weighted by molar-refractivity contribution is -0.138. The van der Waals surface area contributed by atoms with Crippen molar-refractivity contribution >= 4 is 33.4 Å². The molecule has 5 rings (SSSR count). The summed E-state index contributed by atoms with van der Waals surface area (Å²) in [6.45, 7) is -1.21. The number of ether oxygens (including phenoxy) is 1. The average molecular weight is 500 g/mol. The molecule has 2 fully saturated rings. The van der Waals surface area contributed by atoms with E-state index in [1.54, 1.807) is 22.3 Å². The Hall–Kier alpha value is -3.07. The Morgan fingerprint density at radius 1 is 0.971 bits per heavy atom. The first-order chi connectivity index (χ1) is 17.0. The number of hydrogen-bond donors (Lipinski definition) is 0. The summed E-state index contributed by atoms with van der Waals surface area (Å²) in [4.78, 5) is 34.8. The number of carbonyl (C=O) groups is 2. The summed E-state index contributed by atoms with van der Waals surface area (Å²) in [5.74, 6) is -0.103. The van der Waals surface area contributed by atoms with E-state index in [1.807, 2.05) is 23.1 Å². The maximum atomic E-state index is 13.6. The summed E-state index contributed by atoms with van der Waals surface area (Å²) >= 11 is 1.69. The monoisotopic (exact) mass is 499 g/mol. The lowest BCUT2D eigenvalue weighted by Gasteiger charge is -2.39. The van der Waals surface area contributed by atoms with Crippen molar-refractivity contribution in [1.29, 1.82) is 0 Å². The number of aromatic nitrogens is 1. The van der Waals surface area contributed by atoms with Crippen LogP contribution in [-0.2, 0) is 4.79 Å². The summed E-state index contributed by atoms with van der Waals surface area (Å²) in [5, 5.41) is 1.05. The molecule has 1 aliphatic carbocycles. The van der Waals surface area contributed by atoms with Crippen molar-refractivity contribution in [2.75, 3.05) is 26.2 Å². The van der Waals surface area contributed by atoms with Crippen molar-refractivity contribution < 1.29 is 23.1 Å². The van der Waals surface area contributed by atoms with Crippen LogP contribution in [0.2, 0.25) is 0 Å². The molecule has 2 atom stereocenters. The molecular weight excluding hydrogens is 472 g/mol. The smallest absolute Gasteiger partial charge is 0.387 e. The first kappa shape index (κ1) is 23.7. The Morgan fingerprint density at radius 3 is 2.49 bits per heavy atom. The van der Waals surface area contributed by atoms with Gasteiger partial charge in [0.2, 0.25) is 5.91 Å². The van der Waals surface area contributed by atoms with E-state index < -0.39 is 6.61 Å². The first-order valence-electron chi connectivity index (χ1n) is 12.0. The summed E-state index contributed by atoms with van der Waals surface area (Å²) < 4.78 is 30.6. The molecule has 9 heteroatoms. The van der Waals surface area contributed by atoms with Gasteiger partial charge < -0.3 is 14.5 Å². The lowest BCUT2D eigenvalue weighted by atomic mass is 9.78. The van der Waals surface area contributed by atoms with Crippen molar-refractivity contribution in [3.63, 3.8) is 0 Å². The Balaban J connectivity index is 1.24. The molecule has 0 spiro atoms. The van der Waals surface area contributed by atoms with Gasteiger partial charge in [0.25, 0.3) is 5.91 Å². The van der Waals surface area contributed by atoms with Crippen LogP contribution in [0, 0.1) is 5.92 Å². The van der Waals surface area contributed by atoms with Crippen LogP contribution in [0.3, 0.4) is 0 Å². The zero-order valence-electron chi connectivity index (χ0n) is 19.2. The second-order valence-electron chi connectivity index (χ2n) is 9.04. The van der Waals surface area contributed by atoms with Crippen LogP contribution in [-0.4, -0.2) is 59.4 Å². The molecule has 184 valence electrons. The number of hydrogen-bond acceptors (Lipinski definition) is 5. The van der Waals surface area contributed by atoms with Crippen LogP contribution in [0.15, 0.2) is 48.5 Å². The summed E-state index contributed by atoms with van der Waals surface area (Å²) in [7, 11) is 0. The highest BCUT2D eigenvalue weighted by Crippen LogP contribution is 2.41. The average Bonchev–Trinajstić information content (AvgIpc) is 3.32. The van der Waals surface area contributed by atoms with Gasteiger partial charge in [0.15, 0.2) is 0 Å². The van der Waals surface area contributed by atoms with E-state index in [0.717, 1.165) is 40.9 Å². The molecule has 0 radical (unpaired) electrons. The molecule has 2 amide bonds. The molecule has 0 unspecified atom stereocenters. The maximum Gasteiger partial charge on any atom is 0.387 e. The maximum absolute atomic E-state index is 13.6. The van der Waals surface area contributed by atoms with Crippen molar-refractivity contribution in [3.05, 3.63) is 59.1 Å². The third kappa shape index (κ3) is 5.15. The molecule has 0 N–H and O–H groups in total. The zero-order chi connectivity index (χ0) is 24.4. The standard InChI is InChI=1S/C26H27F2N3O3S/c27-26(28)34-18-7-5-6-17(16-18)24(32)30-12-14-31(15-13-30)25(33)20-9-2-1-8-19(20)23-29-21-10-3-4-11-22(21)35-23/h3-7,10-11,16,19-20,26H,1-2,8-9,12-15H2/t19-,20-/m0/s1. The molecule has 0 bridgehead atoms. The van der Waals surface area contributed by atoms with Crippen molar-refractivity contribution in [3.8, 4) is 5.75 Å². The minimum absolute atomic E-state index is 0.0437. The van der Waals surface area contributed by atoms with Crippen LogP contribution in [0.5, 0.6) is 5.75 Å². The molecule has 1 saturated heterocycles. The van der Waals surface area contributed by atoms with E-state index in [9.17, 15) is 18.4 Å². The van der Waals surface area contributed by atoms with Crippen LogP contribution >= 0.6 is 11.3 Å². The topological polar surface area (TPSA) is 62.7 Å². The number of carbonyl (C=O) groups excluding carboxylic acids is 2. The van der Waals surface area contributed by atoms with E-state index in [0.29, 0.717) is 31.7 Å². The van der Waals surface area contributed by atoms with Gasteiger partial charge in [-0.2, -0.15) is 8.78 Å². The highest BCUT2D eigenvalue weighted by molar-refractivity contribution is 7.18. The van der Waals surface area contributed by atoms with Crippen LogP contribution in [0.25, 0.3) is 10.2 Å². The van der Waals surface area contributed by atoms with Crippen molar-refractivity contribution in [2.24, 2.45) is 5.92 Å². The minimum Gasteiger partial charge on any atom is -0.435 e. The lowest BCUT2D eigenvalue weighted by Crippen LogP contribution is -2.52. The number of piperazine rings is 1. The molecule has 1 aromatic heterocycles. The number of amides is 2. The molecule has 2 aliphatic rings. The number of alkyl halides is 2. The SMILES string of the molecule is O=C(c1cccc(OC(F)F)c1)N1CCN(C(=O)[C@H]2CCCC[C@@H]2c2nc3ccccc3s2)CC1. The van der Waals surface area contributed by atoms with E-state index in [2.05, 4.69) is 10.8 Å². The van der Waals surface area contributed by atoms with Crippen LogP contribution in [0.1, 0.15) is 47.0 Å². The summed E-state index contributed by atoms with van der Waals surface area (Å²) in [5.41, 5.74) is 1.28. The molecule has 1 aliphatic heterocycles. The predicted octanol–water partition coefficient (Wildman–Crippen LogP) is 5.16. The number of nitrogens with zero attached hydrogens (tertiary/aromatic N) is 3. The number of thiazole rings is 1. The van der Waals surface area contributed by atoms with Gasteiger partial charge in [-0.3, -0.25) is 9.59 Å². The molecule has 35 heavy (non-hydrogen) atoms. The molecule has 6 nitrogen and oxygen atoms in total. The van der Waals surface area contributed by atoms with Gasteiger partial charge in [-0.25, -0.2) is 4.98 Å². The van der Waals surface area contributed by atoms with Gasteiger partial charge in [-0.1, -0.05) is 31.0 Å². The van der Waals surface area contributed by atoms with Gasteiger partial charge in [0, 0.05) is 43.6 Å². The summed E-state index contributed by atoms with van der Waals surface area (Å²) in [6, 6.07) is 13.9. The molecular formula is C26H27F2N3O3S. The second kappa shape index (κ2) is 10.3. The van der Waals surface area contributed by atoms with Gasteiger partial charge in [0.1, 0.15) is 5.75 Å². The molecule has 2 heterocycles. The van der Waals surface area contributed by atoms with Gasteiger partial charge in [-0.15, -0.1) is 11.3 Å². The van der Waals surface area contributed by atoms with Crippen molar-refractivity contribution in [1.82, 2.24) is 14.8 Å². The van der Waals surface area contributed by atoms with E-state index in [-0.39, 0.29) is 29.4 Å². The third-order valence-electron chi connectivity index (χ3n) is 6.90. The van der Waals surface area contributed by atoms with Crippen LogP contribution < -0.4 is 4.74 Å². The minimum atomic E-state index is -2.94. The number of rotatable bonds is 5. The largest absolute Gasteiger partial charge is 0.435 e. The van der Waals surface area contributed by atoms with Crippen molar-refractivity contribution in [2.45, 2.75) is 38.2 Å². The zero-order valence-corrected chi connectivity index (χ0v) is 20.1. The highest BCUT2D eigenvalue weighted by Gasteiger charge is 2.37. The fourth-order valence-corrected chi connectivity index (χ4v) is 6.29. The fraction of sp³-hybridized carbons (Fsp3) is 0.423. The first-order valence-corrected chi connectivity index (χ1v) is 12.8. The number of para-hydroxylation sites is 1. The number of halogens is 2. The molecule has 3 aromatic rings. The Bertz CT molecular complexity index is 1180. The number of benzene rings is 2. The van der Waals surface area contributed by atoms with E-state index in [4.69, 9.17) is 4.98 Å². The van der Waals surface area contributed by atoms with Crippen LogP contribution in [0.4, 0.5) is 8.78 Å². The predicted molar refractivity (Wildman–Crippen MR) is 130 cm³/mol. The van der Waals surface area contributed by atoms with E-state index in [1.165, 1.54) is 18.2 Å². The highest BCUT2D eigenvalue weighted by atomic mass is 32.1. The van der Waals surface area contributed by atoms with E-state index >= 15 is 0 Å². The van der Waals surface area contributed by atoms with Gasteiger partial charge in [-0.05, 0) is 43.2 Å². The van der Waals surface area contributed by atoms with Gasteiger partial charge >= 0.3 is 6.61 Å². The fourth-order valence-electron chi connectivity index (χ4n) is 5.12.